The molecule has 0 spiro atoms. The Kier molecular flexibility index (Phi) is 4.19. The van der Waals surface area contributed by atoms with Gasteiger partial charge in [-0.15, -0.1) is 0 Å². The van der Waals surface area contributed by atoms with Crippen molar-refractivity contribution in [3.8, 4) is 0 Å². The molecule has 1 aromatic heterocycles. The maximum Gasteiger partial charge on any atom is 0.154 e. The van der Waals surface area contributed by atoms with E-state index in [2.05, 4.69) is 21.4 Å². The molecule has 0 aliphatic carbocycles. The number of aromatic nitrogens is 2. The standard InChI is InChI=1S/C17H18F2N4/c1-17(20,14-3-2-13(18)8-15(14)19)12-9-22-16(23-10-12)11-4-6-21-7-5-11/h2-4,8-10,21H,5-7,20H2,1H3/t17-/m1/s1. The summed E-state index contributed by atoms with van der Waals surface area (Å²) in [6.45, 7) is 3.35. The van der Waals surface area contributed by atoms with Gasteiger partial charge in [-0.2, -0.15) is 0 Å². The normalized spacial score (nSPS) is 17.5. The Morgan fingerprint density at radius 3 is 2.57 bits per heavy atom. The number of halogens is 2. The molecule has 0 bridgehead atoms. The zero-order chi connectivity index (χ0) is 16.4. The van der Waals surface area contributed by atoms with Gasteiger partial charge in [-0.25, -0.2) is 18.7 Å². The lowest BCUT2D eigenvalue weighted by Gasteiger charge is -2.26. The van der Waals surface area contributed by atoms with Gasteiger partial charge in [0.2, 0.25) is 0 Å². The number of hydrogen-bond acceptors (Lipinski definition) is 4. The molecule has 0 radical (unpaired) electrons. The Labute approximate surface area is 133 Å². The van der Waals surface area contributed by atoms with Crippen molar-refractivity contribution >= 4 is 5.57 Å². The SMILES string of the molecule is C[C@@](N)(c1cnc(C2=CCNCC2)nc1)c1ccc(F)cc1F. The smallest absolute Gasteiger partial charge is 0.154 e. The first-order valence-corrected chi connectivity index (χ1v) is 7.45. The van der Waals surface area contributed by atoms with Crippen molar-refractivity contribution in [2.45, 2.75) is 18.9 Å². The van der Waals surface area contributed by atoms with Crippen LogP contribution in [0.3, 0.4) is 0 Å². The Morgan fingerprint density at radius 2 is 1.96 bits per heavy atom. The summed E-state index contributed by atoms with van der Waals surface area (Å²) in [6.07, 6.45) is 6.13. The summed E-state index contributed by atoms with van der Waals surface area (Å²) >= 11 is 0. The molecule has 0 fully saturated rings. The number of nitrogens with two attached hydrogens (primary N) is 1. The second-order valence-corrected chi connectivity index (χ2v) is 5.81. The minimum Gasteiger partial charge on any atom is -0.318 e. The summed E-state index contributed by atoms with van der Waals surface area (Å²) in [4.78, 5) is 8.72. The average Bonchev–Trinajstić information content (AvgIpc) is 2.55. The molecule has 3 N–H and O–H groups in total. The first-order valence-electron chi connectivity index (χ1n) is 7.45. The van der Waals surface area contributed by atoms with Gasteiger partial charge in [-0.1, -0.05) is 12.1 Å². The van der Waals surface area contributed by atoms with Gasteiger partial charge in [0, 0.05) is 36.1 Å². The zero-order valence-corrected chi connectivity index (χ0v) is 12.8. The first-order chi connectivity index (χ1) is 11.0. The van der Waals surface area contributed by atoms with E-state index in [-0.39, 0.29) is 5.56 Å². The predicted octanol–water partition coefficient (Wildman–Crippen LogP) is 2.35. The largest absolute Gasteiger partial charge is 0.318 e. The fraction of sp³-hybridized carbons (Fsp3) is 0.294. The van der Waals surface area contributed by atoms with Gasteiger partial charge in [0.1, 0.15) is 11.6 Å². The molecule has 0 saturated heterocycles. The molecule has 0 unspecified atom stereocenters. The highest BCUT2D eigenvalue weighted by Crippen LogP contribution is 2.28. The predicted molar refractivity (Wildman–Crippen MR) is 84.5 cm³/mol. The summed E-state index contributed by atoms with van der Waals surface area (Å²) < 4.78 is 27.1. The van der Waals surface area contributed by atoms with E-state index in [0.29, 0.717) is 11.4 Å². The van der Waals surface area contributed by atoms with Crippen molar-refractivity contribution in [1.82, 2.24) is 15.3 Å². The lowest BCUT2D eigenvalue weighted by molar-refractivity contribution is 0.515. The fourth-order valence-corrected chi connectivity index (χ4v) is 2.65. The van der Waals surface area contributed by atoms with Crippen molar-refractivity contribution in [3.05, 3.63) is 65.3 Å². The van der Waals surface area contributed by atoms with Crippen LogP contribution in [0, 0.1) is 11.6 Å². The monoisotopic (exact) mass is 316 g/mol. The van der Waals surface area contributed by atoms with Crippen LogP contribution in [0.1, 0.15) is 30.3 Å². The molecule has 2 aromatic rings. The summed E-state index contributed by atoms with van der Waals surface area (Å²) in [5, 5.41) is 3.23. The van der Waals surface area contributed by atoms with E-state index in [1.165, 1.54) is 12.1 Å². The first kappa shape index (κ1) is 15.7. The summed E-state index contributed by atoms with van der Waals surface area (Å²) in [5.41, 5.74) is 6.99. The van der Waals surface area contributed by atoms with Gasteiger partial charge >= 0.3 is 0 Å². The average molecular weight is 316 g/mol. The van der Waals surface area contributed by atoms with Gasteiger partial charge in [0.05, 0.1) is 5.54 Å². The molecule has 4 nitrogen and oxygen atoms in total. The third-order valence-electron chi connectivity index (χ3n) is 4.09. The van der Waals surface area contributed by atoms with Crippen LogP contribution in [0.2, 0.25) is 0 Å². The Hall–Kier alpha value is -2.18. The van der Waals surface area contributed by atoms with Crippen LogP contribution in [-0.4, -0.2) is 23.1 Å². The van der Waals surface area contributed by atoms with Crippen LogP contribution >= 0.6 is 0 Å². The van der Waals surface area contributed by atoms with Gasteiger partial charge in [0.25, 0.3) is 0 Å². The number of nitrogens with one attached hydrogen (secondary N) is 1. The number of nitrogens with zero attached hydrogens (tertiary/aromatic N) is 2. The van der Waals surface area contributed by atoms with Gasteiger partial charge in [-0.3, -0.25) is 0 Å². The minimum absolute atomic E-state index is 0.205. The Morgan fingerprint density at radius 1 is 1.22 bits per heavy atom. The molecule has 2 heterocycles. The Bertz CT molecular complexity index is 739. The second-order valence-electron chi connectivity index (χ2n) is 5.81. The molecule has 1 atom stereocenters. The molecule has 3 rings (SSSR count). The molecule has 6 heteroatoms. The van der Waals surface area contributed by atoms with Crippen LogP contribution in [0.5, 0.6) is 0 Å². The highest BCUT2D eigenvalue weighted by atomic mass is 19.1. The zero-order valence-electron chi connectivity index (χ0n) is 12.8. The number of hydrogen-bond donors (Lipinski definition) is 2. The maximum absolute atomic E-state index is 14.0. The van der Waals surface area contributed by atoms with Gasteiger partial charge < -0.3 is 11.1 Å². The maximum atomic E-state index is 14.0. The van der Waals surface area contributed by atoms with E-state index in [1.807, 2.05) is 0 Å². The van der Waals surface area contributed by atoms with E-state index in [9.17, 15) is 8.78 Å². The highest BCUT2D eigenvalue weighted by Gasteiger charge is 2.28. The van der Waals surface area contributed by atoms with Gasteiger partial charge in [0.15, 0.2) is 5.82 Å². The van der Waals surface area contributed by atoms with E-state index >= 15 is 0 Å². The van der Waals surface area contributed by atoms with Crippen molar-refractivity contribution in [1.29, 1.82) is 0 Å². The topological polar surface area (TPSA) is 63.8 Å². The van der Waals surface area contributed by atoms with E-state index in [4.69, 9.17) is 5.73 Å². The van der Waals surface area contributed by atoms with Crippen LogP contribution < -0.4 is 11.1 Å². The molecule has 1 aliphatic rings. The van der Waals surface area contributed by atoms with Crippen molar-refractivity contribution < 1.29 is 8.78 Å². The van der Waals surface area contributed by atoms with Crippen molar-refractivity contribution in [3.63, 3.8) is 0 Å². The summed E-state index contributed by atoms with van der Waals surface area (Å²) in [5.74, 6) is -0.655. The minimum atomic E-state index is -1.14. The number of rotatable bonds is 3. The lowest BCUT2D eigenvalue weighted by Crippen LogP contribution is -2.35. The third-order valence-corrected chi connectivity index (χ3v) is 4.09. The summed E-state index contributed by atoms with van der Waals surface area (Å²) in [7, 11) is 0. The molecule has 0 saturated carbocycles. The number of benzene rings is 1. The molecule has 23 heavy (non-hydrogen) atoms. The molecule has 0 amide bonds. The van der Waals surface area contributed by atoms with E-state index < -0.39 is 17.2 Å². The molecule has 120 valence electrons. The molecule has 1 aliphatic heterocycles. The van der Waals surface area contributed by atoms with Crippen molar-refractivity contribution in [2.75, 3.05) is 13.1 Å². The third kappa shape index (κ3) is 3.13. The lowest BCUT2D eigenvalue weighted by atomic mass is 9.87. The van der Waals surface area contributed by atoms with Crippen LogP contribution in [0.15, 0.2) is 36.7 Å². The van der Waals surface area contributed by atoms with Crippen LogP contribution in [0.25, 0.3) is 5.57 Å². The van der Waals surface area contributed by atoms with Crippen LogP contribution in [-0.2, 0) is 5.54 Å². The summed E-state index contributed by atoms with van der Waals surface area (Å²) in [6, 6.07) is 3.38. The van der Waals surface area contributed by atoms with Crippen molar-refractivity contribution in [2.24, 2.45) is 5.73 Å². The van der Waals surface area contributed by atoms with Gasteiger partial charge in [-0.05, 0) is 31.5 Å². The van der Waals surface area contributed by atoms with Crippen LogP contribution in [0.4, 0.5) is 8.78 Å². The fourth-order valence-electron chi connectivity index (χ4n) is 2.65. The second kappa shape index (κ2) is 6.14. The molecule has 1 aromatic carbocycles. The van der Waals surface area contributed by atoms with E-state index in [1.54, 1.807) is 19.3 Å². The quantitative estimate of drug-likeness (QED) is 0.912. The molecular weight excluding hydrogens is 298 g/mol. The van der Waals surface area contributed by atoms with E-state index in [0.717, 1.165) is 31.1 Å². The Balaban J connectivity index is 1.92. The highest BCUT2D eigenvalue weighted by molar-refractivity contribution is 5.60. The molecular formula is C17H18F2N4.